The highest BCUT2D eigenvalue weighted by molar-refractivity contribution is 9.10. The predicted octanol–water partition coefficient (Wildman–Crippen LogP) is 2.40. The van der Waals surface area contributed by atoms with Gasteiger partial charge in [-0.1, -0.05) is 12.1 Å². The number of para-hydroxylation sites is 1. The van der Waals surface area contributed by atoms with Gasteiger partial charge in [0.25, 0.3) is 0 Å². The van der Waals surface area contributed by atoms with Gasteiger partial charge in [0.1, 0.15) is 18.2 Å². The summed E-state index contributed by atoms with van der Waals surface area (Å²) < 4.78 is 6.50. The van der Waals surface area contributed by atoms with Crippen molar-refractivity contribution in [3.8, 4) is 5.75 Å². The van der Waals surface area contributed by atoms with Crippen molar-refractivity contribution < 1.29 is 4.74 Å². The second-order valence-electron chi connectivity index (χ2n) is 3.97. The van der Waals surface area contributed by atoms with Gasteiger partial charge < -0.3 is 4.74 Å². The number of hydrogen-bond acceptors (Lipinski definition) is 5. The first kappa shape index (κ1) is 14.3. The number of H-pyrrole nitrogens is 1. The van der Waals surface area contributed by atoms with Crippen LogP contribution in [-0.4, -0.2) is 22.3 Å². The molecule has 0 aliphatic carbocycles. The van der Waals surface area contributed by atoms with Crippen molar-refractivity contribution in [2.75, 3.05) is 12.0 Å². The molecule has 2 rings (SSSR count). The Morgan fingerprint density at radius 2 is 2.25 bits per heavy atom. The van der Waals surface area contributed by atoms with Crippen molar-refractivity contribution in [3.05, 3.63) is 51.5 Å². The maximum atomic E-state index is 11.0. The minimum Gasteiger partial charge on any atom is -0.486 e. The van der Waals surface area contributed by atoms with E-state index in [2.05, 4.69) is 36.4 Å². The Bertz CT molecular complexity index is 669. The molecular weight excluding hydrogens is 324 g/mol. The van der Waals surface area contributed by atoms with Crippen LogP contribution < -0.4 is 15.9 Å². The number of nitrogens with one attached hydrogen (secondary N) is 2. The Morgan fingerprint density at radius 1 is 1.45 bits per heavy atom. The van der Waals surface area contributed by atoms with Gasteiger partial charge in [0, 0.05) is 6.20 Å². The van der Waals surface area contributed by atoms with Crippen molar-refractivity contribution in [2.45, 2.75) is 6.92 Å². The molecule has 0 saturated carbocycles. The van der Waals surface area contributed by atoms with E-state index in [1.807, 2.05) is 31.2 Å². The molecule has 0 aliphatic rings. The lowest BCUT2D eigenvalue weighted by atomic mass is 10.3. The fourth-order valence-electron chi connectivity index (χ4n) is 1.37. The number of ether oxygens (including phenoxy) is 1. The highest BCUT2D eigenvalue weighted by atomic mass is 79.9. The van der Waals surface area contributed by atoms with Crippen molar-refractivity contribution in [2.24, 2.45) is 5.10 Å². The highest BCUT2D eigenvalue weighted by Crippen LogP contribution is 2.23. The molecule has 1 aromatic heterocycles. The van der Waals surface area contributed by atoms with E-state index in [1.54, 1.807) is 6.07 Å². The van der Waals surface area contributed by atoms with Crippen LogP contribution in [0.2, 0.25) is 0 Å². The molecule has 1 aromatic carbocycles. The summed E-state index contributed by atoms with van der Waals surface area (Å²) in [5.41, 5.74) is 3.05. The summed E-state index contributed by atoms with van der Waals surface area (Å²) in [7, 11) is 0. The first-order valence-electron chi connectivity index (χ1n) is 5.87. The molecule has 104 valence electrons. The topological polar surface area (TPSA) is 79.4 Å². The lowest BCUT2D eigenvalue weighted by Crippen LogP contribution is -2.13. The molecule has 0 radical (unpaired) electrons. The Balaban J connectivity index is 1.92. The summed E-state index contributed by atoms with van der Waals surface area (Å²) in [6.07, 6.45) is 1.41. The normalized spacial score (nSPS) is 11.2. The average Bonchev–Trinajstić information content (AvgIpc) is 2.44. The zero-order valence-corrected chi connectivity index (χ0v) is 12.3. The summed E-state index contributed by atoms with van der Waals surface area (Å²) in [6, 6.07) is 9.20. The molecule has 7 heteroatoms. The minimum absolute atomic E-state index is 0.338. The molecule has 0 saturated heterocycles. The third kappa shape index (κ3) is 4.20. The van der Waals surface area contributed by atoms with Crippen LogP contribution in [-0.2, 0) is 0 Å². The fraction of sp³-hybridized carbons (Fsp3) is 0.154. The van der Waals surface area contributed by atoms with Crippen LogP contribution in [0, 0.1) is 0 Å². The first-order valence-corrected chi connectivity index (χ1v) is 6.66. The smallest absolute Gasteiger partial charge is 0.346 e. The summed E-state index contributed by atoms with van der Waals surface area (Å²) in [4.78, 5) is 17.0. The van der Waals surface area contributed by atoms with Crippen molar-refractivity contribution in [1.82, 2.24) is 9.97 Å². The van der Waals surface area contributed by atoms with Crippen LogP contribution in [0.25, 0.3) is 0 Å². The number of rotatable bonds is 5. The van der Waals surface area contributed by atoms with Gasteiger partial charge in [-0.15, -0.1) is 0 Å². The lowest BCUT2D eigenvalue weighted by molar-refractivity contribution is 0.373. The largest absolute Gasteiger partial charge is 0.486 e. The second-order valence-corrected chi connectivity index (χ2v) is 4.82. The molecule has 0 spiro atoms. The number of aromatic amines is 1. The van der Waals surface area contributed by atoms with Gasteiger partial charge in [-0.3, -0.25) is 10.4 Å². The van der Waals surface area contributed by atoms with E-state index in [0.29, 0.717) is 12.4 Å². The number of hydrogen-bond donors (Lipinski definition) is 2. The third-order valence-corrected chi connectivity index (χ3v) is 2.97. The molecular formula is C13H13BrN4O2. The van der Waals surface area contributed by atoms with E-state index in [4.69, 9.17) is 4.74 Å². The van der Waals surface area contributed by atoms with E-state index in [1.165, 1.54) is 6.20 Å². The number of benzene rings is 1. The third-order valence-electron chi connectivity index (χ3n) is 2.32. The summed E-state index contributed by atoms with van der Waals surface area (Å²) >= 11 is 3.40. The van der Waals surface area contributed by atoms with Gasteiger partial charge in [0.05, 0.1) is 10.2 Å². The number of halogens is 1. The Labute approximate surface area is 124 Å². The molecule has 0 bridgehead atoms. The second kappa shape index (κ2) is 6.85. The van der Waals surface area contributed by atoms with Gasteiger partial charge in [-0.05, 0) is 41.1 Å². The van der Waals surface area contributed by atoms with E-state index in [-0.39, 0.29) is 0 Å². The zero-order chi connectivity index (χ0) is 14.4. The van der Waals surface area contributed by atoms with Crippen LogP contribution in [0.1, 0.15) is 6.92 Å². The molecule has 0 amide bonds. The van der Waals surface area contributed by atoms with Gasteiger partial charge in [0.2, 0.25) is 0 Å². The number of hydrazone groups is 1. The highest BCUT2D eigenvalue weighted by Gasteiger charge is 2.00. The van der Waals surface area contributed by atoms with Crippen LogP contribution in [0.5, 0.6) is 5.75 Å². The Hall–Kier alpha value is -2.15. The maximum absolute atomic E-state index is 11.0. The standard InChI is InChI=1S/C13H13BrN4O2/c1-9(8-20-11-5-3-2-4-10(11)14)17-18-12-6-7-15-13(19)16-12/h2-7H,8H2,1H3,(H2,15,16,18,19). The van der Waals surface area contributed by atoms with Crippen molar-refractivity contribution >= 4 is 27.5 Å². The Morgan fingerprint density at radius 3 is 3.00 bits per heavy atom. The molecule has 2 N–H and O–H groups in total. The van der Waals surface area contributed by atoms with E-state index in [0.717, 1.165) is 15.9 Å². The quantitative estimate of drug-likeness (QED) is 0.649. The van der Waals surface area contributed by atoms with E-state index < -0.39 is 5.69 Å². The zero-order valence-electron chi connectivity index (χ0n) is 10.8. The predicted molar refractivity (Wildman–Crippen MR) is 81.2 cm³/mol. The van der Waals surface area contributed by atoms with Gasteiger partial charge in [-0.2, -0.15) is 5.10 Å². The molecule has 6 nitrogen and oxygen atoms in total. The first-order chi connectivity index (χ1) is 9.65. The fourth-order valence-corrected chi connectivity index (χ4v) is 1.77. The number of aromatic nitrogens is 2. The number of anilines is 1. The molecule has 20 heavy (non-hydrogen) atoms. The monoisotopic (exact) mass is 336 g/mol. The van der Waals surface area contributed by atoms with Gasteiger partial charge in [-0.25, -0.2) is 9.78 Å². The average molecular weight is 337 g/mol. The van der Waals surface area contributed by atoms with Crippen LogP contribution >= 0.6 is 15.9 Å². The SMILES string of the molecule is CC(COc1ccccc1Br)=NNc1ccnc(=O)[nH]1. The lowest BCUT2D eigenvalue weighted by Gasteiger charge is -2.07. The summed E-state index contributed by atoms with van der Waals surface area (Å²) in [6.45, 7) is 2.16. The summed E-state index contributed by atoms with van der Waals surface area (Å²) in [5.74, 6) is 1.23. The molecule has 0 fully saturated rings. The number of nitrogens with zero attached hydrogens (tertiary/aromatic N) is 2. The maximum Gasteiger partial charge on any atom is 0.346 e. The molecule has 1 heterocycles. The minimum atomic E-state index is -0.424. The van der Waals surface area contributed by atoms with Gasteiger partial charge >= 0.3 is 5.69 Å². The van der Waals surface area contributed by atoms with E-state index >= 15 is 0 Å². The van der Waals surface area contributed by atoms with E-state index in [9.17, 15) is 4.79 Å². The molecule has 0 atom stereocenters. The van der Waals surface area contributed by atoms with Crippen LogP contribution in [0.4, 0.5) is 5.82 Å². The summed E-state index contributed by atoms with van der Waals surface area (Å²) in [5, 5.41) is 4.11. The van der Waals surface area contributed by atoms with Crippen LogP contribution in [0.15, 0.2) is 50.9 Å². The molecule has 2 aromatic rings. The Kier molecular flexibility index (Phi) is 4.89. The van der Waals surface area contributed by atoms with Crippen molar-refractivity contribution in [1.29, 1.82) is 0 Å². The molecule has 0 unspecified atom stereocenters. The molecule has 0 aliphatic heterocycles. The van der Waals surface area contributed by atoms with Crippen LogP contribution in [0.3, 0.4) is 0 Å². The van der Waals surface area contributed by atoms with Crippen molar-refractivity contribution in [3.63, 3.8) is 0 Å². The van der Waals surface area contributed by atoms with Gasteiger partial charge in [0.15, 0.2) is 0 Å².